The molecule has 0 saturated heterocycles. The van der Waals surface area contributed by atoms with Crippen LogP contribution in [0.1, 0.15) is 29.9 Å². The predicted molar refractivity (Wildman–Crippen MR) is 78.0 cm³/mol. The van der Waals surface area contributed by atoms with Crippen molar-refractivity contribution in [2.45, 2.75) is 19.4 Å². The summed E-state index contributed by atoms with van der Waals surface area (Å²) in [6.07, 6.45) is 2.44. The Kier molecular flexibility index (Phi) is 3.21. The minimum absolute atomic E-state index is 0.258. The molecule has 1 aromatic carbocycles. The van der Waals surface area contributed by atoms with Crippen LogP contribution < -0.4 is 5.73 Å². The number of benzene rings is 1. The lowest BCUT2D eigenvalue weighted by Gasteiger charge is -2.10. The van der Waals surface area contributed by atoms with Gasteiger partial charge in [-0.15, -0.1) is 0 Å². The summed E-state index contributed by atoms with van der Waals surface area (Å²) >= 11 is 3.39. The maximum absolute atomic E-state index is 6.40. The minimum atomic E-state index is -0.258. The molecule has 0 spiro atoms. The van der Waals surface area contributed by atoms with Crippen molar-refractivity contribution in [2.24, 2.45) is 5.73 Å². The second-order valence-corrected chi connectivity index (χ2v) is 5.14. The highest BCUT2D eigenvalue weighted by molar-refractivity contribution is 9.10. The Morgan fingerprint density at radius 1 is 1.26 bits per heavy atom. The maximum Gasteiger partial charge on any atom is 0.174 e. The molecule has 0 saturated carbocycles. The van der Waals surface area contributed by atoms with E-state index in [0.29, 0.717) is 4.67 Å². The van der Waals surface area contributed by atoms with Gasteiger partial charge in [0, 0.05) is 22.9 Å². The van der Waals surface area contributed by atoms with Crippen molar-refractivity contribution in [2.75, 3.05) is 0 Å². The van der Waals surface area contributed by atoms with E-state index in [-0.39, 0.29) is 6.04 Å². The monoisotopic (exact) mass is 319 g/mol. The van der Waals surface area contributed by atoms with Gasteiger partial charge in [-0.1, -0.05) is 25.1 Å². The second-order valence-electron chi connectivity index (χ2n) is 4.42. The van der Waals surface area contributed by atoms with Gasteiger partial charge in [-0.3, -0.25) is 0 Å². The van der Waals surface area contributed by atoms with E-state index < -0.39 is 0 Å². The summed E-state index contributed by atoms with van der Waals surface area (Å²) in [5.41, 5.74) is 9.25. The number of hydrogen-bond acceptors (Lipinski definition) is 3. The van der Waals surface area contributed by atoms with Gasteiger partial charge < -0.3 is 14.6 Å². The Hall–Kier alpha value is -1.52. The molecular weight excluding hydrogens is 306 g/mol. The van der Waals surface area contributed by atoms with Crippen LogP contribution in [0.5, 0.6) is 0 Å². The Bertz CT molecular complexity index is 714. The molecule has 4 heteroatoms. The summed E-state index contributed by atoms with van der Waals surface area (Å²) < 4.78 is 11.8. The van der Waals surface area contributed by atoms with Gasteiger partial charge in [-0.2, -0.15) is 0 Å². The molecule has 2 aromatic heterocycles. The molecule has 1 unspecified atom stereocenters. The summed E-state index contributed by atoms with van der Waals surface area (Å²) in [4.78, 5) is 0. The summed E-state index contributed by atoms with van der Waals surface area (Å²) in [5.74, 6) is 0.932. The molecule has 0 aliphatic carbocycles. The van der Waals surface area contributed by atoms with E-state index in [1.807, 2.05) is 30.3 Å². The lowest BCUT2D eigenvalue weighted by molar-refractivity contribution is 0.530. The smallest absolute Gasteiger partial charge is 0.174 e. The number of fused-ring (bicyclic) bond motifs is 1. The molecule has 3 rings (SSSR count). The van der Waals surface area contributed by atoms with Crippen LogP contribution in [0.15, 0.2) is 50.1 Å². The number of nitrogens with two attached hydrogens (primary N) is 1. The van der Waals surface area contributed by atoms with Crippen LogP contribution in [0.25, 0.3) is 11.0 Å². The van der Waals surface area contributed by atoms with Crippen LogP contribution in [0, 0.1) is 0 Å². The summed E-state index contributed by atoms with van der Waals surface area (Å²) in [6, 6.07) is 9.60. The molecule has 2 heterocycles. The van der Waals surface area contributed by atoms with Gasteiger partial charge in [0.25, 0.3) is 0 Å². The molecule has 0 fully saturated rings. The molecule has 19 heavy (non-hydrogen) atoms. The number of halogens is 1. The van der Waals surface area contributed by atoms with Crippen molar-refractivity contribution in [3.8, 4) is 0 Å². The highest BCUT2D eigenvalue weighted by Gasteiger charge is 2.22. The lowest BCUT2D eigenvalue weighted by atomic mass is 9.98. The zero-order chi connectivity index (χ0) is 13.4. The normalized spacial score (nSPS) is 13.0. The lowest BCUT2D eigenvalue weighted by Crippen LogP contribution is -2.12. The second kappa shape index (κ2) is 4.87. The fourth-order valence-electron chi connectivity index (χ4n) is 2.40. The van der Waals surface area contributed by atoms with E-state index in [0.717, 1.165) is 34.3 Å². The molecule has 0 bridgehead atoms. The molecule has 0 radical (unpaired) electrons. The summed E-state index contributed by atoms with van der Waals surface area (Å²) in [5, 5.41) is 1.07. The predicted octanol–water partition coefficient (Wildman–Crippen LogP) is 4.40. The van der Waals surface area contributed by atoms with Crippen molar-refractivity contribution in [3.05, 3.63) is 58.2 Å². The first kappa shape index (κ1) is 12.5. The van der Waals surface area contributed by atoms with Crippen molar-refractivity contribution in [3.63, 3.8) is 0 Å². The standard InChI is InChI=1S/C15H14BrNO2/c1-2-11-13(9-5-3-4-6-12(9)19-11)14(17)10-7-8-18-15(10)16/h3-8,14H,2,17H2,1H3. The van der Waals surface area contributed by atoms with Crippen molar-refractivity contribution < 1.29 is 8.83 Å². The first-order chi connectivity index (χ1) is 9.22. The van der Waals surface area contributed by atoms with Crippen LogP contribution in [-0.4, -0.2) is 0 Å². The Morgan fingerprint density at radius 2 is 2.05 bits per heavy atom. The van der Waals surface area contributed by atoms with E-state index in [4.69, 9.17) is 14.6 Å². The molecule has 0 aliphatic heterocycles. The SMILES string of the molecule is CCc1oc2ccccc2c1C(N)c1ccoc1Br. The number of hydrogen-bond donors (Lipinski definition) is 1. The minimum Gasteiger partial charge on any atom is -0.461 e. The zero-order valence-electron chi connectivity index (χ0n) is 10.5. The number of para-hydroxylation sites is 1. The number of furan rings is 2. The summed E-state index contributed by atoms with van der Waals surface area (Å²) in [6.45, 7) is 2.07. The van der Waals surface area contributed by atoms with Crippen LogP contribution in [0.4, 0.5) is 0 Å². The van der Waals surface area contributed by atoms with E-state index in [1.165, 1.54) is 0 Å². The highest BCUT2D eigenvalue weighted by Crippen LogP contribution is 2.36. The van der Waals surface area contributed by atoms with Crippen LogP contribution in [0.2, 0.25) is 0 Å². The molecule has 0 aliphatic rings. The van der Waals surface area contributed by atoms with Crippen LogP contribution in [0.3, 0.4) is 0 Å². The van der Waals surface area contributed by atoms with E-state index in [9.17, 15) is 0 Å². The third-order valence-corrected chi connectivity index (χ3v) is 3.97. The van der Waals surface area contributed by atoms with Gasteiger partial charge in [0.2, 0.25) is 0 Å². The molecular formula is C15H14BrNO2. The van der Waals surface area contributed by atoms with Crippen molar-refractivity contribution >= 4 is 26.9 Å². The molecule has 3 nitrogen and oxygen atoms in total. The van der Waals surface area contributed by atoms with Gasteiger partial charge in [-0.25, -0.2) is 0 Å². The molecule has 2 N–H and O–H groups in total. The quantitative estimate of drug-likeness (QED) is 0.778. The topological polar surface area (TPSA) is 52.3 Å². The van der Waals surface area contributed by atoms with Crippen LogP contribution in [-0.2, 0) is 6.42 Å². The average molecular weight is 320 g/mol. The first-order valence-electron chi connectivity index (χ1n) is 6.21. The third-order valence-electron chi connectivity index (χ3n) is 3.32. The van der Waals surface area contributed by atoms with Gasteiger partial charge >= 0.3 is 0 Å². The molecule has 1 atom stereocenters. The highest BCUT2D eigenvalue weighted by atomic mass is 79.9. The third kappa shape index (κ3) is 2.01. The molecule has 3 aromatic rings. The number of aryl methyl sites for hydroxylation is 1. The Labute approximate surface area is 119 Å². The summed E-state index contributed by atoms with van der Waals surface area (Å²) in [7, 11) is 0. The Balaban J connectivity index is 2.21. The van der Waals surface area contributed by atoms with Gasteiger partial charge in [-0.05, 0) is 28.1 Å². The fourth-order valence-corrected chi connectivity index (χ4v) is 2.89. The zero-order valence-corrected chi connectivity index (χ0v) is 12.1. The molecule has 98 valence electrons. The largest absolute Gasteiger partial charge is 0.461 e. The van der Waals surface area contributed by atoms with Crippen molar-refractivity contribution in [1.82, 2.24) is 0 Å². The van der Waals surface area contributed by atoms with E-state index in [1.54, 1.807) is 6.26 Å². The first-order valence-corrected chi connectivity index (χ1v) is 7.00. The maximum atomic E-state index is 6.40. The van der Waals surface area contributed by atoms with Gasteiger partial charge in [0.05, 0.1) is 12.3 Å². The van der Waals surface area contributed by atoms with Crippen molar-refractivity contribution in [1.29, 1.82) is 0 Å². The van der Waals surface area contributed by atoms with Gasteiger partial charge in [0.1, 0.15) is 11.3 Å². The number of rotatable bonds is 3. The molecule has 0 amide bonds. The van der Waals surface area contributed by atoms with Gasteiger partial charge in [0.15, 0.2) is 4.67 Å². The fraction of sp³-hybridized carbons (Fsp3) is 0.200. The average Bonchev–Trinajstić information content (AvgIpc) is 3.01. The Morgan fingerprint density at radius 3 is 2.74 bits per heavy atom. The van der Waals surface area contributed by atoms with Crippen LogP contribution >= 0.6 is 15.9 Å². The van der Waals surface area contributed by atoms with E-state index >= 15 is 0 Å². The van der Waals surface area contributed by atoms with E-state index in [2.05, 4.69) is 22.9 Å².